The minimum atomic E-state index is -1.46. The fourth-order valence-corrected chi connectivity index (χ4v) is 3.25. The quantitative estimate of drug-likeness (QED) is 0.347. The Labute approximate surface area is 141 Å². The SMILES string of the molecule is CC#C[C@@]1(Cl)C(O)[C@@H](CO)O[C@H]1n1cnc2c(=S)[nH]c(N)nc21. The number of hydrogen-bond acceptors (Lipinski definition) is 7. The third-order valence-electron chi connectivity index (χ3n) is 3.65. The molecule has 0 bridgehead atoms. The third-order valence-corrected chi connectivity index (χ3v) is 4.45. The number of imidazole rings is 1. The zero-order chi connectivity index (χ0) is 16.8. The molecule has 10 heteroatoms. The van der Waals surface area contributed by atoms with Crippen molar-refractivity contribution in [2.45, 2.75) is 30.2 Å². The molecule has 1 aliphatic heterocycles. The minimum Gasteiger partial charge on any atom is -0.394 e. The lowest BCUT2D eigenvalue weighted by Crippen LogP contribution is -2.41. The van der Waals surface area contributed by atoms with E-state index >= 15 is 0 Å². The van der Waals surface area contributed by atoms with Gasteiger partial charge in [0.1, 0.15) is 22.4 Å². The Kier molecular flexibility index (Phi) is 4.03. The van der Waals surface area contributed by atoms with Crippen molar-refractivity contribution in [3.05, 3.63) is 11.0 Å². The molecule has 1 saturated heterocycles. The van der Waals surface area contributed by atoms with Gasteiger partial charge in [-0.2, -0.15) is 4.98 Å². The van der Waals surface area contributed by atoms with Crippen LogP contribution in [0.1, 0.15) is 13.2 Å². The molecule has 0 amide bonds. The van der Waals surface area contributed by atoms with Crippen molar-refractivity contribution >= 4 is 40.9 Å². The topological polar surface area (TPSA) is 122 Å². The number of alkyl halides is 1. The van der Waals surface area contributed by atoms with Crippen molar-refractivity contribution in [2.24, 2.45) is 0 Å². The Balaban J connectivity index is 2.20. The van der Waals surface area contributed by atoms with Crippen LogP contribution >= 0.6 is 23.8 Å². The first-order valence-corrected chi connectivity index (χ1v) is 7.50. The van der Waals surface area contributed by atoms with Crippen LogP contribution in [0.3, 0.4) is 0 Å². The number of fused-ring (bicyclic) bond motifs is 1. The first-order chi connectivity index (χ1) is 10.9. The highest BCUT2D eigenvalue weighted by atomic mass is 35.5. The summed E-state index contributed by atoms with van der Waals surface area (Å²) in [6.07, 6.45) is -1.56. The van der Waals surface area contributed by atoms with Gasteiger partial charge in [0.2, 0.25) is 5.95 Å². The van der Waals surface area contributed by atoms with E-state index in [1.165, 1.54) is 10.9 Å². The minimum absolute atomic E-state index is 0.114. The monoisotopic (exact) mass is 355 g/mol. The van der Waals surface area contributed by atoms with Gasteiger partial charge in [0.05, 0.1) is 12.9 Å². The highest BCUT2D eigenvalue weighted by Crippen LogP contribution is 2.44. The van der Waals surface area contributed by atoms with E-state index in [1.54, 1.807) is 6.92 Å². The van der Waals surface area contributed by atoms with Crippen molar-refractivity contribution in [3.8, 4) is 11.8 Å². The molecule has 0 saturated carbocycles. The van der Waals surface area contributed by atoms with Crippen LogP contribution in [0.4, 0.5) is 5.95 Å². The van der Waals surface area contributed by atoms with Gasteiger partial charge in [-0.25, -0.2) is 4.98 Å². The Morgan fingerprint density at radius 2 is 2.39 bits per heavy atom. The van der Waals surface area contributed by atoms with Crippen molar-refractivity contribution in [3.63, 3.8) is 0 Å². The third kappa shape index (κ3) is 2.39. The number of nitrogens with two attached hydrogens (primary N) is 1. The molecule has 2 aromatic rings. The van der Waals surface area contributed by atoms with Crippen molar-refractivity contribution in [1.82, 2.24) is 19.5 Å². The molecule has 0 spiro atoms. The number of aliphatic hydroxyl groups excluding tert-OH is 2. The number of H-pyrrole nitrogens is 1. The molecule has 1 aliphatic rings. The lowest BCUT2D eigenvalue weighted by Gasteiger charge is -2.25. The smallest absolute Gasteiger partial charge is 0.200 e. The van der Waals surface area contributed by atoms with E-state index in [0.717, 1.165) is 0 Å². The second-order valence-corrected chi connectivity index (χ2v) is 6.11. The molecule has 0 aliphatic carbocycles. The van der Waals surface area contributed by atoms with Crippen LogP contribution in [0.5, 0.6) is 0 Å². The fourth-order valence-electron chi connectivity index (χ4n) is 2.61. The number of nitrogens with zero attached hydrogens (tertiary/aromatic N) is 3. The van der Waals surface area contributed by atoms with Gasteiger partial charge in [-0.15, -0.1) is 5.92 Å². The molecule has 5 N–H and O–H groups in total. The lowest BCUT2D eigenvalue weighted by atomic mass is 9.99. The van der Waals surface area contributed by atoms with Crippen molar-refractivity contribution < 1.29 is 14.9 Å². The molecule has 122 valence electrons. The van der Waals surface area contributed by atoms with E-state index in [2.05, 4.69) is 26.8 Å². The molecule has 3 rings (SSSR count). The Hall–Kier alpha value is -1.70. The van der Waals surface area contributed by atoms with Crippen LogP contribution in [0.25, 0.3) is 11.2 Å². The van der Waals surface area contributed by atoms with Gasteiger partial charge in [0.25, 0.3) is 0 Å². The van der Waals surface area contributed by atoms with E-state index in [4.69, 9.17) is 34.3 Å². The van der Waals surface area contributed by atoms with Gasteiger partial charge in [-0.1, -0.05) is 29.7 Å². The number of rotatable bonds is 2. The number of aliphatic hydroxyl groups is 2. The predicted molar refractivity (Wildman–Crippen MR) is 86.2 cm³/mol. The van der Waals surface area contributed by atoms with E-state index in [9.17, 15) is 10.2 Å². The number of anilines is 1. The lowest BCUT2D eigenvalue weighted by molar-refractivity contribution is -0.0436. The van der Waals surface area contributed by atoms with E-state index in [1.807, 2.05) is 0 Å². The molecule has 23 heavy (non-hydrogen) atoms. The summed E-state index contributed by atoms with van der Waals surface area (Å²) in [5.74, 6) is 5.55. The van der Waals surface area contributed by atoms with Crippen LogP contribution < -0.4 is 5.73 Å². The number of aromatic nitrogens is 4. The number of hydrogen-bond donors (Lipinski definition) is 4. The summed E-state index contributed by atoms with van der Waals surface area (Å²) in [7, 11) is 0. The maximum atomic E-state index is 10.4. The number of ether oxygens (including phenoxy) is 1. The number of halogens is 1. The van der Waals surface area contributed by atoms with E-state index < -0.39 is 29.9 Å². The summed E-state index contributed by atoms with van der Waals surface area (Å²) in [4.78, 5) is 9.59. The zero-order valence-electron chi connectivity index (χ0n) is 12.0. The van der Waals surface area contributed by atoms with Gasteiger partial charge in [-0.3, -0.25) is 4.57 Å². The zero-order valence-corrected chi connectivity index (χ0v) is 13.6. The van der Waals surface area contributed by atoms with Crippen LogP contribution in [-0.2, 0) is 4.74 Å². The number of aromatic amines is 1. The predicted octanol–water partition coefficient (Wildman–Crippen LogP) is 0.323. The maximum Gasteiger partial charge on any atom is 0.200 e. The summed E-state index contributed by atoms with van der Waals surface area (Å²) in [6.45, 7) is 1.19. The Bertz CT molecular complexity index is 872. The first-order valence-electron chi connectivity index (χ1n) is 6.72. The second kappa shape index (κ2) is 5.74. The molecule has 1 unspecified atom stereocenters. The average Bonchev–Trinajstić information content (AvgIpc) is 3.01. The molecule has 0 radical (unpaired) electrons. The summed E-state index contributed by atoms with van der Waals surface area (Å²) >= 11 is 11.7. The van der Waals surface area contributed by atoms with Crippen molar-refractivity contribution in [1.29, 1.82) is 0 Å². The Morgan fingerprint density at radius 3 is 3.04 bits per heavy atom. The molecule has 1 fully saturated rings. The Morgan fingerprint density at radius 1 is 1.65 bits per heavy atom. The largest absolute Gasteiger partial charge is 0.394 e. The second-order valence-electron chi connectivity index (χ2n) is 5.07. The maximum absolute atomic E-state index is 10.4. The molecule has 2 aromatic heterocycles. The van der Waals surface area contributed by atoms with Crippen LogP contribution in [0.2, 0.25) is 0 Å². The van der Waals surface area contributed by atoms with Gasteiger partial charge in [0.15, 0.2) is 16.7 Å². The normalized spacial score (nSPS) is 30.3. The highest BCUT2D eigenvalue weighted by Gasteiger charge is 2.55. The van der Waals surface area contributed by atoms with E-state index in [0.29, 0.717) is 15.8 Å². The van der Waals surface area contributed by atoms with Crippen LogP contribution in [-0.4, -0.2) is 53.4 Å². The van der Waals surface area contributed by atoms with E-state index in [-0.39, 0.29) is 5.95 Å². The molecule has 3 heterocycles. The van der Waals surface area contributed by atoms with Gasteiger partial charge in [-0.05, 0) is 6.92 Å². The number of nitrogens with one attached hydrogen (secondary N) is 1. The first kappa shape index (κ1) is 16.2. The summed E-state index contributed by atoms with van der Waals surface area (Å²) in [6, 6.07) is 0. The number of nitrogen functional groups attached to an aromatic ring is 1. The molecular weight excluding hydrogens is 342 g/mol. The van der Waals surface area contributed by atoms with Crippen LogP contribution in [0, 0.1) is 16.5 Å². The van der Waals surface area contributed by atoms with Gasteiger partial charge in [0, 0.05) is 0 Å². The van der Waals surface area contributed by atoms with Crippen molar-refractivity contribution in [2.75, 3.05) is 12.3 Å². The summed E-state index contributed by atoms with van der Waals surface area (Å²) in [5, 5.41) is 19.7. The highest BCUT2D eigenvalue weighted by molar-refractivity contribution is 7.71. The summed E-state index contributed by atoms with van der Waals surface area (Å²) < 4.78 is 7.52. The standard InChI is InChI=1S/C13H14ClN5O3S/c1-2-3-13(14)8(21)6(4-20)22-11(13)19-5-16-7-9(19)17-12(15)18-10(7)23/h5-6,8,11,20-21H,4H2,1H3,(H3,15,17,18,23)/t6-,8?,11-,13-/m1/s1. The molecule has 4 atom stereocenters. The van der Waals surface area contributed by atoms with Gasteiger partial charge >= 0.3 is 0 Å². The molecule has 0 aromatic carbocycles. The molecule has 8 nitrogen and oxygen atoms in total. The average molecular weight is 356 g/mol. The summed E-state index contributed by atoms with van der Waals surface area (Å²) in [5.41, 5.74) is 6.46. The molecular formula is C13H14ClN5O3S. The van der Waals surface area contributed by atoms with Crippen LogP contribution in [0.15, 0.2) is 6.33 Å². The fraction of sp³-hybridized carbons (Fsp3) is 0.462. The van der Waals surface area contributed by atoms with Gasteiger partial charge < -0.3 is 25.7 Å².